The summed E-state index contributed by atoms with van der Waals surface area (Å²) in [6.45, 7) is 0.634. The van der Waals surface area contributed by atoms with E-state index in [4.69, 9.17) is 9.84 Å². The Bertz CT molecular complexity index is 737. The van der Waals surface area contributed by atoms with Gasteiger partial charge in [-0.05, 0) is 29.7 Å². The minimum atomic E-state index is -1.05. The smallest absolute Gasteiger partial charge is 0.407 e. The molecular formula is C19H20FNO4. The average molecular weight is 345 g/mol. The normalized spacial score (nSPS) is 20.3. The summed E-state index contributed by atoms with van der Waals surface area (Å²) < 4.78 is 19.8. The Hall–Kier alpha value is -2.60. The highest BCUT2D eigenvalue weighted by atomic mass is 19.1. The summed E-state index contributed by atoms with van der Waals surface area (Å²) in [5.74, 6) is -0.611. The molecule has 1 aliphatic heterocycles. The zero-order valence-corrected chi connectivity index (χ0v) is 13.6. The number of aliphatic hydroxyl groups is 1. The largest absolute Gasteiger partial charge is 0.486 e. The number of amides is 1. The second kappa shape index (κ2) is 7.53. The number of aliphatic hydroxyl groups excluding tert-OH is 1. The van der Waals surface area contributed by atoms with E-state index in [1.165, 1.54) is 11.0 Å². The van der Waals surface area contributed by atoms with Gasteiger partial charge in [0.25, 0.3) is 0 Å². The SMILES string of the molecule is O=C(O)N1CCC(c2ccc(OCc3ccccc3)c(F)c2)C(O)C1. The molecule has 1 saturated heterocycles. The first-order valence-corrected chi connectivity index (χ1v) is 8.16. The van der Waals surface area contributed by atoms with Crippen LogP contribution in [0.5, 0.6) is 5.75 Å². The maximum atomic E-state index is 14.3. The van der Waals surface area contributed by atoms with Crippen molar-refractivity contribution in [2.24, 2.45) is 0 Å². The van der Waals surface area contributed by atoms with Gasteiger partial charge in [0.2, 0.25) is 0 Å². The molecular weight excluding hydrogens is 325 g/mol. The molecule has 25 heavy (non-hydrogen) atoms. The van der Waals surface area contributed by atoms with Crippen molar-refractivity contribution in [3.63, 3.8) is 0 Å². The van der Waals surface area contributed by atoms with Gasteiger partial charge in [-0.3, -0.25) is 0 Å². The van der Waals surface area contributed by atoms with Crippen LogP contribution in [0.2, 0.25) is 0 Å². The molecule has 2 unspecified atom stereocenters. The van der Waals surface area contributed by atoms with Gasteiger partial charge >= 0.3 is 6.09 Å². The number of benzene rings is 2. The number of carboxylic acid groups (broad SMARTS) is 1. The van der Waals surface area contributed by atoms with Crippen molar-refractivity contribution >= 4 is 6.09 Å². The van der Waals surface area contributed by atoms with Crippen LogP contribution in [0.3, 0.4) is 0 Å². The lowest BCUT2D eigenvalue weighted by molar-refractivity contribution is 0.0503. The summed E-state index contributed by atoms with van der Waals surface area (Å²) in [4.78, 5) is 12.1. The number of hydrogen-bond acceptors (Lipinski definition) is 3. The molecule has 5 nitrogen and oxygen atoms in total. The van der Waals surface area contributed by atoms with Crippen molar-refractivity contribution in [2.45, 2.75) is 25.0 Å². The molecule has 0 bridgehead atoms. The van der Waals surface area contributed by atoms with Crippen LogP contribution in [0.4, 0.5) is 9.18 Å². The number of halogens is 1. The van der Waals surface area contributed by atoms with Gasteiger partial charge in [0.05, 0.1) is 12.6 Å². The number of hydrogen-bond donors (Lipinski definition) is 2. The fourth-order valence-corrected chi connectivity index (χ4v) is 3.09. The van der Waals surface area contributed by atoms with Gasteiger partial charge in [-0.2, -0.15) is 0 Å². The Morgan fingerprint density at radius 2 is 2.00 bits per heavy atom. The van der Waals surface area contributed by atoms with E-state index in [0.29, 0.717) is 18.5 Å². The second-order valence-corrected chi connectivity index (χ2v) is 6.16. The molecule has 0 radical (unpaired) electrons. The van der Waals surface area contributed by atoms with E-state index in [0.717, 1.165) is 5.56 Å². The standard InChI is InChI=1S/C19H20FNO4/c20-16-10-14(15-8-9-21(19(23)24)11-17(15)22)6-7-18(16)25-12-13-4-2-1-3-5-13/h1-7,10,15,17,22H,8-9,11-12H2,(H,23,24). The van der Waals surface area contributed by atoms with Gasteiger partial charge in [0, 0.05) is 12.5 Å². The first-order valence-electron chi connectivity index (χ1n) is 8.16. The fourth-order valence-electron chi connectivity index (χ4n) is 3.09. The van der Waals surface area contributed by atoms with Crippen molar-refractivity contribution < 1.29 is 24.1 Å². The van der Waals surface area contributed by atoms with Crippen molar-refractivity contribution in [3.8, 4) is 5.75 Å². The van der Waals surface area contributed by atoms with Crippen LogP contribution >= 0.6 is 0 Å². The van der Waals surface area contributed by atoms with Crippen LogP contribution in [-0.2, 0) is 6.61 Å². The van der Waals surface area contributed by atoms with Gasteiger partial charge in [-0.25, -0.2) is 9.18 Å². The van der Waals surface area contributed by atoms with Gasteiger partial charge in [-0.15, -0.1) is 0 Å². The van der Waals surface area contributed by atoms with Crippen LogP contribution in [0.25, 0.3) is 0 Å². The van der Waals surface area contributed by atoms with Gasteiger partial charge in [0.1, 0.15) is 6.61 Å². The van der Waals surface area contributed by atoms with Crippen LogP contribution in [0.1, 0.15) is 23.5 Å². The van der Waals surface area contributed by atoms with Gasteiger partial charge < -0.3 is 19.8 Å². The monoisotopic (exact) mass is 345 g/mol. The molecule has 2 atom stereocenters. The molecule has 0 aliphatic carbocycles. The van der Waals surface area contributed by atoms with E-state index in [-0.39, 0.29) is 24.8 Å². The van der Waals surface area contributed by atoms with Crippen LogP contribution in [0.15, 0.2) is 48.5 Å². The molecule has 0 aromatic heterocycles. The molecule has 0 saturated carbocycles. The summed E-state index contributed by atoms with van der Waals surface area (Å²) in [5.41, 5.74) is 1.60. The summed E-state index contributed by atoms with van der Waals surface area (Å²) >= 11 is 0. The summed E-state index contributed by atoms with van der Waals surface area (Å²) in [7, 11) is 0. The van der Waals surface area contributed by atoms with Gasteiger partial charge in [-0.1, -0.05) is 36.4 Å². The minimum absolute atomic E-state index is 0.0356. The molecule has 1 heterocycles. The topological polar surface area (TPSA) is 70.0 Å². The summed E-state index contributed by atoms with van der Waals surface area (Å²) in [6, 6.07) is 14.1. The zero-order valence-electron chi connectivity index (χ0n) is 13.6. The van der Waals surface area contributed by atoms with E-state index in [9.17, 15) is 14.3 Å². The highest BCUT2D eigenvalue weighted by molar-refractivity contribution is 5.65. The third-order valence-electron chi connectivity index (χ3n) is 4.47. The Kier molecular flexibility index (Phi) is 5.19. The van der Waals surface area contributed by atoms with E-state index in [1.807, 2.05) is 30.3 Å². The van der Waals surface area contributed by atoms with Crippen molar-refractivity contribution in [1.82, 2.24) is 4.90 Å². The quantitative estimate of drug-likeness (QED) is 0.893. The van der Waals surface area contributed by atoms with Crippen molar-refractivity contribution in [1.29, 1.82) is 0 Å². The van der Waals surface area contributed by atoms with E-state index in [1.54, 1.807) is 12.1 Å². The number of rotatable bonds is 4. The summed E-state index contributed by atoms with van der Waals surface area (Å²) in [6.07, 6.45) is -1.44. The van der Waals surface area contributed by atoms with Crippen LogP contribution in [0, 0.1) is 5.82 Å². The number of likely N-dealkylation sites (tertiary alicyclic amines) is 1. The average Bonchev–Trinajstić information content (AvgIpc) is 2.61. The Morgan fingerprint density at radius 3 is 2.64 bits per heavy atom. The summed E-state index contributed by atoms with van der Waals surface area (Å²) in [5, 5.41) is 19.2. The predicted molar refractivity (Wildman–Crippen MR) is 90.1 cm³/mol. The zero-order chi connectivity index (χ0) is 17.8. The number of piperidine rings is 1. The molecule has 6 heteroatoms. The van der Waals surface area contributed by atoms with E-state index < -0.39 is 18.0 Å². The second-order valence-electron chi connectivity index (χ2n) is 6.16. The van der Waals surface area contributed by atoms with Crippen LogP contribution in [-0.4, -0.2) is 40.4 Å². The highest BCUT2D eigenvalue weighted by Crippen LogP contribution is 2.31. The minimum Gasteiger partial charge on any atom is -0.486 e. The molecule has 0 spiro atoms. The molecule has 1 aliphatic rings. The molecule has 2 aromatic carbocycles. The lowest BCUT2D eigenvalue weighted by Crippen LogP contribution is -2.45. The first-order chi connectivity index (χ1) is 12.0. The van der Waals surface area contributed by atoms with E-state index in [2.05, 4.69) is 0 Å². The maximum absolute atomic E-state index is 14.3. The molecule has 1 amide bonds. The molecule has 1 fully saturated rings. The molecule has 2 aromatic rings. The van der Waals surface area contributed by atoms with E-state index >= 15 is 0 Å². The molecule has 2 N–H and O–H groups in total. The maximum Gasteiger partial charge on any atom is 0.407 e. The number of β-amino-alcohol motifs (C(OH)–C–C–N with tert-alkyl or cyclic N) is 1. The molecule has 3 rings (SSSR count). The highest BCUT2D eigenvalue weighted by Gasteiger charge is 2.31. The third kappa shape index (κ3) is 4.09. The lowest BCUT2D eigenvalue weighted by atomic mass is 9.87. The molecule has 132 valence electrons. The predicted octanol–water partition coefficient (Wildman–Crippen LogP) is 3.23. The Morgan fingerprint density at radius 1 is 1.24 bits per heavy atom. The third-order valence-corrected chi connectivity index (χ3v) is 4.47. The fraction of sp³-hybridized carbons (Fsp3) is 0.316. The van der Waals surface area contributed by atoms with Gasteiger partial charge in [0.15, 0.2) is 11.6 Å². The number of ether oxygens (including phenoxy) is 1. The Labute approximate surface area is 145 Å². The lowest BCUT2D eigenvalue weighted by Gasteiger charge is -2.34. The van der Waals surface area contributed by atoms with Crippen molar-refractivity contribution in [3.05, 3.63) is 65.5 Å². The first kappa shape index (κ1) is 17.2. The van der Waals surface area contributed by atoms with Crippen molar-refractivity contribution in [2.75, 3.05) is 13.1 Å². The Balaban J connectivity index is 1.66. The number of nitrogens with zero attached hydrogens (tertiary/aromatic N) is 1. The van der Waals surface area contributed by atoms with Crippen LogP contribution < -0.4 is 4.74 Å². The number of carbonyl (C=O) groups is 1.